The van der Waals surface area contributed by atoms with Gasteiger partial charge in [0.15, 0.2) is 0 Å². The number of carbonyl (C=O) groups is 2. The molecule has 1 heterocycles. The zero-order valence-electron chi connectivity index (χ0n) is 14.7. The number of hydrogen-bond donors (Lipinski definition) is 2. The van der Waals surface area contributed by atoms with E-state index in [4.69, 9.17) is 4.42 Å². The van der Waals surface area contributed by atoms with Crippen LogP contribution in [-0.2, 0) is 16.0 Å². The fourth-order valence-corrected chi connectivity index (χ4v) is 2.48. The van der Waals surface area contributed by atoms with E-state index < -0.39 is 0 Å². The van der Waals surface area contributed by atoms with Crippen LogP contribution in [0.5, 0.6) is 0 Å². The van der Waals surface area contributed by atoms with E-state index in [0.717, 1.165) is 11.3 Å². The molecule has 2 rings (SSSR count). The van der Waals surface area contributed by atoms with Crippen molar-refractivity contribution in [3.63, 3.8) is 0 Å². The molecule has 2 aromatic rings. The van der Waals surface area contributed by atoms with Crippen molar-refractivity contribution in [1.82, 2.24) is 15.5 Å². The minimum atomic E-state index is -0.0987. The number of nitrogens with one attached hydrogen (secondary N) is 2. The second-order valence-corrected chi connectivity index (χ2v) is 6.06. The highest BCUT2D eigenvalue weighted by Gasteiger charge is 2.17. The highest BCUT2D eigenvalue weighted by atomic mass is 16.3. The van der Waals surface area contributed by atoms with Crippen molar-refractivity contribution >= 4 is 11.8 Å². The molecule has 2 amide bonds. The molecule has 0 bridgehead atoms. The van der Waals surface area contributed by atoms with Crippen LogP contribution in [0.2, 0.25) is 0 Å². The van der Waals surface area contributed by atoms with Crippen LogP contribution in [0.3, 0.4) is 0 Å². The van der Waals surface area contributed by atoms with Gasteiger partial charge in [0.2, 0.25) is 11.8 Å². The molecule has 1 unspecified atom stereocenters. The average molecular weight is 343 g/mol. The number of likely N-dealkylation sites (N-methyl/N-ethyl adjacent to an activating group) is 1. The number of hydrogen-bond acceptors (Lipinski definition) is 4. The Bertz CT molecular complexity index is 654. The molecule has 0 aliphatic rings. The zero-order valence-corrected chi connectivity index (χ0v) is 14.7. The number of carbonyl (C=O) groups excluding carboxylic acids is 2. The molecule has 0 aliphatic carbocycles. The first-order chi connectivity index (χ1) is 12.1. The van der Waals surface area contributed by atoms with Crippen LogP contribution in [-0.4, -0.2) is 43.9 Å². The molecular weight excluding hydrogens is 318 g/mol. The van der Waals surface area contributed by atoms with Crippen LogP contribution in [0.25, 0.3) is 0 Å². The SMILES string of the molecule is CN(C)C(CNC(=O)CCNC(=O)Cc1ccccc1)c1ccco1. The molecule has 0 spiro atoms. The quantitative estimate of drug-likeness (QED) is 0.727. The first-order valence-corrected chi connectivity index (χ1v) is 8.33. The van der Waals surface area contributed by atoms with E-state index in [-0.39, 0.29) is 24.3 Å². The van der Waals surface area contributed by atoms with Gasteiger partial charge in [-0.3, -0.25) is 14.5 Å². The van der Waals surface area contributed by atoms with Crippen LogP contribution >= 0.6 is 0 Å². The van der Waals surface area contributed by atoms with Gasteiger partial charge in [-0.25, -0.2) is 0 Å². The molecular formula is C19H25N3O3. The van der Waals surface area contributed by atoms with Crippen molar-refractivity contribution in [2.45, 2.75) is 18.9 Å². The molecule has 6 heteroatoms. The summed E-state index contributed by atoms with van der Waals surface area (Å²) in [6.45, 7) is 0.780. The molecule has 0 saturated carbocycles. The normalized spacial score (nSPS) is 12.0. The monoisotopic (exact) mass is 343 g/mol. The molecule has 1 aromatic heterocycles. The van der Waals surface area contributed by atoms with Crippen LogP contribution in [0.4, 0.5) is 0 Å². The Labute approximate surface area is 148 Å². The third-order valence-corrected chi connectivity index (χ3v) is 3.87. The summed E-state index contributed by atoms with van der Waals surface area (Å²) in [6.07, 6.45) is 2.19. The third-order valence-electron chi connectivity index (χ3n) is 3.87. The van der Waals surface area contributed by atoms with E-state index in [9.17, 15) is 9.59 Å². The molecule has 6 nitrogen and oxygen atoms in total. The van der Waals surface area contributed by atoms with Gasteiger partial charge < -0.3 is 15.1 Å². The molecule has 0 radical (unpaired) electrons. The Kier molecular flexibility index (Phi) is 7.22. The summed E-state index contributed by atoms with van der Waals surface area (Å²) >= 11 is 0. The van der Waals surface area contributed by atoms with Gasteiger partial charge in [0, 0.05) is 19.5 Å². The second kappa shape index (κ2) is 9.64. The summed E-state index contributed by atoms with van der Waals surface area (Å²) in [5.41, 5.74) is 0.955. The van der Waals surface area contributed by atoms with Crippen molar-refractivity contribution in [2.75, 3.05) is 27.2 Å². The molecule has 25 heavy (non-hydrogen) atoms. The van der Waals surface area contributed by atoms with Gasteiger partial charge in [-0.2, -0.15) is 0 Å². The summed E-state index contributed by atoms with van der Waals surface area (Å²) in [6, 6.07) is 13.2. The fraction of sp³-hybridized carbons (Fsp3) is 0.368. The number of benzene rings is 1. The van der Waals surface area contributed by atoms with Crippen molar-refractivity contribution in [1.29, 1.82) is 0 Å². The fourth-order valence-electron chi connectivity index (χ4n) is 2.48. The van der Waals surface area contributed by atoms with Gasteiger partial charge in [0.1, 0.15) is 5.76 Å². The third kappa shape index (κ3) is 6.43. The molecule has 1 aromatic carbocycles. The van der Waals surface area contributed by atoms with E-state index >= 15 is 0 Å². The largest absolute Gasteiger partial charge is 0.468 e. The van der Waals surface area contributed by atoms with Crippen LogP contribution < -0.4 is 10.6 Å². The minimum Gasteiger partial charge on any atom is -0.468 e. The Morgan fingerprint density at radius 2 is 1.80 bits per heavy atom. The van der Waals surface area contributed by atoms with Gasteiger partial charge in [0.25, 0.3) is 0 Å². The van der Waals surface area contributed by atoms with E-state index in [2.05, 4.69) is 10.6 Å². The Morgan fingerprint density at radius 3 is 2.44 bits per heavy atom. The smallest absolute Gasteiger partial charge is 0.224 e. The summed E-state index contributed by atoms with van der Waals surface area (Å²) in [7, 11) is 3.87. The molecule has 0 fully saturated rings. The lowest BCUT2D eigenvalue weighted by Crippen LogP contribution is -2.36. The molecule has 134 valence electrons. The Morgan fingerprint density at radius 1 is 1.04 bits per heavy atom. The van der Waals surface area contributed by atoms with Crippen molar-refractivity contribution < 1.29 is 14.0 Å². The molecule has 0 aliphatic heterocycles. The van der Waals surface area contributed by atoms with Gasteiger partial charge in [-0.1, -0.05) is 30.3 Å². The lowest BCUT2D eigenvalue weighted by Gasteiger charge is -2.22. The standard InChI is InChI=1S/C19H25N3O3/c1-22(2)16(17-9-6-12-25-17)14-21-18(23)10-11-20-19(24)13-15-7-4-3-5-8-15/h3-9,12,16H,10-11,13-14H2,1-2H3,(H,20,24)(H,21,23). The maximum atomic E-state index is 12.0. The number of nitrogens with zero attached hydrogens (tertiary/aromatic N) is 1. The van der Waals surface area contributed by atoms with Crippen LogP contribution in [0.1, 0.15) is 23.8 Å². The lowest BCUT2D eigenvalue weighted by molar-refractivity contribution is -0.122. The minimum absolute atomic E-state index is 0.0216. The molecule has 1 atom stereocenters. The predicted octanol–water partition coefficient (Wildman–Crippen LogP) is 1.75. The number of furan rings is 1. The Balaban J connectivity index is 1.67. The van der Waals surface area contributed by atoms with E-state index in [1.54, 1.807) is 6.26 Å². The summed E-state index contributed by atoms with van der Waals surface area (Å²) in [5, 5.41) is 5.66. The highest BCUT2D eigenvalue weighted by molar-refractivity contribution is 5.80. The zero-order chi connectivity index (χ0) is 18.1. The van der Waals surface area contributed by atoms with Gasteiger partial charge in [-0.15, -0.1) is 0 Å². The number of amides is 2. The Hall–Kier alpha value is -2.60. The van der Waals surface area contributed by atoms with Crippen LogP contribution in [0, 0.1) is 0 Å². The van der Waals surface area contributed by atoms with E-state index in [1.807, 2.05) is 61.5 Å². The van der Waals surface area contributed by atoms with Gasteiger partial charge >= 0.3 is 0 Å². The summed E-state index contributed by atoms with van der Waals surface area (Å²) in [5.74, 6) is 0.626. The van der Waals surface area contributed by atoms with Gasteiger partial charge in [0.05, 0.1) is 18.7 Å². The van der Waals surface area contributed by atoms with E-state index in [1.165, 1.54) is 0 Å². The van der Waals surface area contributed by atoms with Crippen molar-refractivity contribution in [3.8, 4) is 0 Å². The van der Waals surface area contributed by atoms with Crippen LogP contribution in [0.15, 0.2) is 53.1 Å². The second-order valence-electron chi connectivity index (χ2n) is 6.06. The maximum Gasteiger partial charge on any atom is 0.224 e. The molecule has 0 saturated heterocycles. The van der Waals surface area contributed by atoms with Crippen molar-refractivity contribution in [2.24, 2.45) is 0 Å². The highest BCUT2D eigenvalue weighted by Crippen LogP contribution is 2.17. The molecule has 2 N–H and O–H groups in total. The summed E-state index contributed by atoms with van der Waals surface area (Å²) in [4.78, 5) is 25.8. The van der Waals surface area contributed by atoms with Gasteiger partial charge in [-0.05, 0) is 31.8 Å². The van der Waals surface area contributed by atoms with Crippen molar-refractivity contribution in [3.05, 3.63) is 60.1 Å². The maximum absolute atomic E-state index is 12.0. The first-order valence-electron chi connectivity index (χ1n) is 8.33. The summed E-state index contributed by atoms with van der Waals surface area (Å²) < 4.78 is 5.41. The first kappa shape index (κ1) is 18.7. The lowest BCUT2D eigenvalue weighted by atomic mass is 10.1. The topological polar surface area (TPSA) is 74.6 Å². The number of rotatable bonds is 9. The van der Waals surface area contributed by atoms with E-state index in [0.29, 0.717) is 19.5 Å². The average Bonchev–Trinajstić information content (AvgIpc) is 3.10. The predicted molar refractivity (Wildman–Crippen MR) is 95.9 cm³/mol.